The van der Waals surface area contributed by atoms with Gasteiger partial charge < -0.3 is 9.80 Å². The number of rotatable bonds is 3. The average molecular weight is 400 g/mol. The lowest BCUT2D eigenvalue weighted by molar-refractivity contribution is -0.133. The van der Waals surface area contributed by atoms with Crippen molar-refractivity contribution in [1.29, 1.82) is 0 Å². The lowest BCUT2D eigenvalue weighted by atomic mass is 9.85. The highest BCUT2D eigenvalue weighted by Crippen LogP contribution is 2.39. The molecule has 1 aromatic heterocycles. The van der Waals surface area contributed by atoms with Gasteiger partial charge in [-0.3, -0.25) is 9.69 Å². The van der Waals surface area contributed by atoms with Gasteiger partial charge in [0.2, 0.25) is 0 Å². The van der Waals surface area contributed by atoms with Crippen LogP contribution in [0.1, 0.15) is 24.2 Å². The van der Waals surface area contributed by atoms with Gasteiger partial charge in [-0.15, -0.1) is 0 Å². The molecule has 2 aromatic rings. The van der Waals surface area contributed by atoms with E-state index in [4.69, 9.17) is 11.6 Å². The summed E-state index contributed by atoms with van der Waals surface area (Å²) in [5.41, 5.74) is 0.197. The summed E-state index contributed by atoms with van der Waals surface area (Å²) >= 11 is 6.29. The van der Waals surface area contributed by atoms with Gasteiger partial charge in [-0.05, 0) is 25.3 Å². The first kappa shape index (κ1) is 18.7. The number of benzene rings is 1. The van der Waals surface area contributed by atoms with E-state index in [2.05, 4.69) is 14.9 Å². The molecule has 2 aliphatic rings. The molecule has 1 spiro atoms. The van der Waals surface area contributed by atoms with Gasteiger partial charge in [0, 0.05) is 26.7 Å². The summed E-state index contributed by atoms with van der Waals surface area (Å²) < 4.78 is 0. The van der Waals surface area contributed by atoms with E-state index < -0.39 is 5.54 Å². The largest absolute Gasteiger partial charge is 0.355 e. The van der Waals surface area contributed by atoms with Gasteiger partial charge in [0.25, 0.3) is 5.91 Å². The summed E-state index contributed by atoms with van der Waals surface area (Å²) in [6, 6.07) is 9.53. The fourth-order valence-corrected chi connectivity index (χ4v) is 4.31. The predicted octanol–water partition coefficient (Wildman–Crippen LogP) is 2.87. The normalized spacial score (nSPS) is 19.0. The van der Waals surface area contributed by atoms with Crippen LogP contribution < -0.4 is 4.90 Å². The number of piperidine rings is 1. The molecule has 3 amide bonds. The quantitative estimate of drug-likeness (QED) is 0.742. The average Bonchev–Trinajstić information content (AvgIpc) is 2.88. The van der Waals surface area contributed by atoms with Crippen molar-refractivity contribution >= 4 is 29.4 Å². The number of halogens is 1. The van der Waals surface area contributed by atoms with Crippen LogP contribution in [0.5, 0.6) is 0 Å². The van der Waals surface area contributed by atoms with E-state index in [1.54, 1.807) is 18.1 Å². The number of aromatic nitrogens is 2. The van der Waals surface area contributed by atoms with E-state index in [1.807, 2.05) is 37.3 Å². The third-order valence-corrected chi connectivity index (χ3v) is 5.92. The Bertz CT molecular complexity index is 912. The highest BCUT2D eigenvalue weighted by molar-refractivity contribution is 6.32. The molecule has 4 rings (SSSR count). The van der Waals surface area contributed by atoms with E-state index in [9.17, 15) is 9.59 Å². The number of hydrogen-bond acceptors (Lipinski definition) is 5. The van der Waals surface area contributed by atoms with Crippen molar-refractivity contribution in [3.05, 3.63) is 52.9 Å². The van der Waals surface area contributed by atoms with Crippen molar-refractivity contribution in [2.45, 2.75) is 31.8 Å². The van der Waals surface area contributed by atoms with Crippen LogP contribution in [-0.2, 0) is 11.3 Å². The number of hydrogen-bond donors (Lipinski definition) is 0. The maximum atomic E-state index is 13.1. The predicted molar refractivity (Wildman–Crippen MR) is 106 cm³/mol. The van der Waals surface area contributed by atoms with Crippen molar-refractivity contribution in [2.75, 3.05) is 25.0 Å². The number of aryl methyl sites for hydroxylation is 1. The zero-order valence-electron chi connectivity index (χ0n) is 15.9. The zero-order chi connectivity index (χ0) is 19.9. The monoisotopic (exact) mass is 399 g/mol. The van der Waals surface area contributed by atoms with Gasteiger partial charge in [0.05, 0.1) is 6.20 Å². The van der Waals surface area contributed by atoms with E-state index in [0.29, 0.717) is 49.1 Å². The molecule has 0 bridgehead atoms. The van der Waals surface area contributed by atoms with Crippen LogP contribution in [0.3, 0.4) is 0 Å². The summed E-state index contributed by atoms with van der Waals surface area (Å²) in [5, 5.41) is 0.494. The maximum Gasteiger partial charge on any atom is 0.327 e. The first-order valence-corrected chi connectivity index (χ1v) is 9.68. The van der Waals surface area contributed by atoms with E-state index >= 15 is 0 Å². The smallest absolute Gasteiger partial charge is 0.327 e. The minimum Gasteiger partial charge on any atom is -0.355 e. The van der Waals surface area contributed by atoms with Crippen molar-refractivity contribution in [3.8, 4) is 0 Å². The second-order valence-corrected chi connectivity index (χ2v) is 7.73. The number of nitrogens with zero attached hydrogens (tertiary/aromatic N) is 5. The van der Waals surface area contributed by atoms with E-state index in [-0.39, 0.29) is 11.9 Å². The third kappa shape index (κ3) is 2.99. The maximum absolute atomic E-state index is 13.1. The molecule has 146 valence electrons. The Morgan fingerprint density at radius 2 is 1.82 bits per heavy atom. The molecule has 0 radical (unpaired) electrons. The Morgan fingerprint density at radius 3 is 2.50 bits per heavy atom. The molecule has 0 unspecified atom stereocenters. The summed E-state index contributed by atoms with van der Waals surface area (Å²) in [6.07, 6.45) is 2.67. The highest BCUT2D eigenvalue weighted by atomic mass is 35.5. The Kier molecular flexibility index (Phi) is 4.71. The molecule has 28 heavy (non-hydrogen) atoms. The number of anilines is 1. The molecule has 0 aliphatic carbocycles. The number of amides is 3. The second-order valence-electron chi connectivity index (χ2n) is 7.33. The SMILES string of the molecule is Cc1ncc(Cl)c(N2CCC3(CC2)C(=O)N(C)C(=O)N3Cc2ccccc2)n1. The fraction of sp³-hybridized carbons (Fsp3) is 0.400. The van der Waals surface area contributed by atoms with Gasteiger partial charge in [0.1, 0.15) is 16.4 Å². The summed E-state index contributed by atoms with van der Waals surface area (Å²) in [6.45, 7) is 3.42. The lowest BCUT2D eigenvalue weighted by Crippen LogP contribution is -2.56. The van der Waals surface area contributed by atoms with E-state index in [0.717, 1.165) is 5.56 Å². The Hall–Kier alpha value is -2.67. The standard InChI is InChI=1S/C20H22ClN5O2/c1-14-22-12-16(21)17(23-14)25-10-8-20(9-11-25)18(27)24(2)19(28)26(20)13-15-6-4-3-5-7-15/h3-7,12H,8-11,13H2,1-2H3. The highest BCUT2D eigenvalue weighted by Gasteiger charge is 2.56. The summed E-state index contributed by atoms with van der Waals surface area (Å²) in [4.78, 5) is 39.5. The third-order valence-electron chi connectivity index (χ3n) is 5.66. The van der Waals surface area contributed by atoms with Crippen LogP contribution in [0.2, 0.25) is 5.02 Å². The van der Waals surface area contributed by atoms with Gasteiger partial charge in [-0.2, -0.15) is 0 Å². The number of imide groups is 1. The molecule has 7 nitrogen and oxygen atoms in total. The summed E-state index contributed by atoms with van der Waals surface area (Å²) in [7, 11) is 1.56. The molecule has 0 N–H and O–H groups in total. The number of urea groups is 1. The molecular weight excluding hydrogens is 378 g/mol. The molecule has 2 fully saturated rings. The molecule has 0 saturated carbocycles. The van der Waals surface area contributed by atoms with Crippen molar-refractivity contribution in [3.63, 3.8) is 0 Å². The first-order valence-electron chi connectivity index (χ1n) is 9.30. The van der Waals surface area contributed by atoms with Gasteiger partial charge in [-0.25, -0.2) is 14.8 Å². The van der Waals surface area contributed by atoms with Crippen LogP contribution in [0.4, 0.5) is 10.6 Å². The zero-order valence-corrected chi connectivity index (χ0v) is 16.7. The van der Waals surface area contributed by atoms with Gasteiger partial charge >= 0.3 is 6.03 Å². The number of carbonyl (C=O) groups is 2. The Balaban J connectivity index is 1.60. The molecule has 2 aliphatic heterocycles. The lowest BCUT2D eigenvalue weighted by Gasteiger charge is -2.42. The topological polar surface area (TPSA) is 69.6 Å². The van der Waals surface area contributed by atoms with Crippen LogP contribution in [0, 0.1) is 6.92 Å². The van der Waals surface area contributed by atoms with Crippen molar-refractivity contribution in [1.82, 2.24) is 19.8 Å². The Morgan fingerprint density at radius 1 is 1.14 bits per heavy atom. The summed E-state index contributed by atoms with van der Waals surface area (Å²) in [5.74, 6) is 1.21. The number of carbonyl (C=O) groups excluding carboxylic acids is 2. The molecule has 3 heterocycles. The van der Waals surface area contributed by atoms with E-state index in [1.165, 1.54) is 4.90 Å². The molecule has 1 aromatic carbocycles. The van der Waals surface area contributed by atoms with Crippen LogP contribution >= 0.6 is 11.6 Å². The molecule has 2 saturated heterocycles. The van der Waals surface area contributed by atoms with Crippen LogP contribution in [0.15, 0.2) is 36.5 Å². The molecule has 8 heteroatoms. The van der Waals surface area contributed by atoms with Crippen LogP contribution in [-0.4, -0.2) is 57.4 Å². The molecular formula is C20H22ClN5O2. The Labute approximate surface area is 168 Å². The fourth-order valence-electron chi connectivity index (χ4n) is 4.10. The van der Waals surface area contributed by atoms with Crippen molar-refractivity contribution in [2.24, 2.45) is 0 Å². The minimum absolute atomic E-state index is 0.127. The minimum atomic E-state index is -0.813. The molecule has 0 atom stereocenters. The first-order chi connectivity index (χ1) is 13.4. The van der Waals surface area contributed by atoms with Crippen LogP contribution in [0.25, 0.3) is 0 Å². The number of likely N-dealkylation sites (N-methyl/N-ethyl adjacent to an activating group) is 1. The van der Waals surface area contributed by atoms with Gasteiger partial charge in [0.15, 0.2) is 5.82 Å². The van der Waals surface area contributed by atoms with Gasteiger partial charge in [-0.1, -0.05) is 41.9 Å². The van der Waals surface area contributed by atoms with Crippen molar-refractivity contribution < 1.29 is 9.59 Å². The second kappa shape index (κ2) is 7.05.